The summed E-state index contributed by atoms with van der Waals surface area (Å²) in [6, 6.07) is 6.07. The minimum absolute atomic E-state index is 0.792. The van der Waals surface area contributed by atoms with Crippen LogP contribution >= 0.6 is 0 Å². The summed E-state index contributed by atoms with van der Waals surface area (Å²) in [7, 11) is 1.70. The molecule has 2 fully saturated rings. The molecule has 1 aromatic carbocycles. The third-order valence-electron chi connectivity index (χ3n) is 4.81. The Bertz CT molecular complexity index is 446. The highest BCUT2D eigenvalue weighted by atomic mass is 16.5. The second-order valence-electron chi connectivity index (χ2n) is 6.00. The molecule has 1 aromatic rings. The van der Waals surface area contributed by atoms with E-state index >= 15 is 0 Å². The molecule has 3 heteroatoms. The van der Waals surface area contributed by atoms with Crippen molar-refractivity contribution in [2.24, 2.45) is 11.8 Å². The first kappa shape index (κ1) is 12.6. The van der Waals surface area contributed by atoms with Crippen LogP contribution in [0.5, 0.6) is 5.75 Å². The van der Waals surface area contributed by atoms with E-state index in [9.17, 15) is 0 Å². The number of ether oxygens (including phenoxy) is 1. The average Bonchev–Trinajstić information content (AvgIpc) is 2.46. The Morgan fingerprint density at radius 1 is 1.11 bits per heavy atom. The molecule has 0 bridgehead atoms. The molecule has 1 heterocycles. The van der Waals surface area contributed by atoms with Crippen LogP contribution in [-0.2, 0) is 0 Å². The summed E-state index contributed by atoms with van der Waals surface area (Å²) >= 11 is 0. The lowest BCUT2D eigenvalue weighted by Gasteiger charge is -2.42. The molecule has 1 saturated carbocycles. The van der Waals surface area contributed by atoms with Gasteiger partial charge >= 0.3 is 0 Å². The molecule has 3 nitrogen and oxygen atoms in total. The van der Waals surface area contributed by atoms with Crippen molar-refractivity contribution < 1.29 is 4.74 Å². The lowest BCUT2D eigenvalue weighted by molar-refractivity contribution is 0.202. The van der Waals surface area contributed by atoms with Gasteiger partial charge in [0.05, 0.1) is 7.11 Å². The van der Waals surface area contributed by atoms with Crippen molar-refractivity contribution in [3.05, 3.63) is 18.2 Å². The van der Waals surface area contributed by atoms with E-state index in [-0.39, 0.29) is 0 Å². The molecule has 2 aliphatic rings. The normalized spacial score (nSPS) is 26.9. The van der Waals surface area contributed by atoms with E-state index in [4.69, 9.17) is 10.5 Å². The summed E-state index contributed by atoms with van der Waals surface area (Å²) in [4.78, 5) is 2.49. The van der Waals surface area contributed by atoms with Crippen molar-refractivity contribution in [1.82, 2.24) is 0 Å². The molecule has 2 atom stereocenters. The first-order chi connectivity index (χ1) is 9.26. The van der Waals surface area contributed by atoms with Crippen molar-refractivity contribution in [1.29, 1.82) is 0 Å². The fourth-order valence-electron chi connectivity index (χ4n) is 3.74. The maximum absolute atomic E-state index is 5.97. The zero-order valence-corrected chi connectivity index (χ0v) is 11.8. The number of anilines is 2. The molecule has 0 aromatic heterocycles. The molecule has 0 amide bonds. The predicted molar refractivity (Wildman–Crippen MR) is 79.7 cm³/mol. The van der Waals surface area contributed by atoms with Gasteiger partial charge in [0.25, 0.3) is 0 Å². The summed E-state index contributed by atoms with van der Waals surface area (Å²) in [5.74, 6) is 2.71. The van der Waals surface area contributed by atoms with Gasteiger partial charge in [-0.1, -0.05) is 19.3 Å². The summed E-state index contributed by atoms with van der Waals surface area (Å²) < 4.78 is 5.33. The number of nitrogens with two attached hydrogens (primary N) is 1. The van der Waals surface area contributed by atoms with E-state index in [1.165, 1.54) is 44.3 Å². The van der Waals surface area contributed by atoms with Crippen LogP contribution in [0.3, 0.4) is 0 Å². The number of rotatable bonds is 2. The van der Waals surface area contributed by atoms with Crippen molar-refractivity contribution in [3.63, 3.8) is 0 Å². The third-order valence-corrected chi connectivity index (χ3v) is 4.81. The molecule has 2 unspecified atom stereocenters. The van der Waals surface area contributed by atoms with Crippen LogP contribution in [0.25, 0.3) is 0 Å². The highest BCUT2D eigenvalue weighted by Crippen LogP contribution is 2.38. The van der Waals surface area contributed by atoms with E-state index in [0.717, 1.165) is 29.8 Å². The topological polar surface area (TPSA) is 38.5 Å². The van der Waals surface area contributed by atoms with E-state index in [0.29, 0.717) is 0 Å². The number of piperidine rings is 1. The van der Waals surface area contributed by atoms with Crippen molar-refractivity contribution >= 4 is 11.4 Å². The van der Waals surface area contributed by atoms with Gasteiger partial charge in [-0.15, -0.1) is 0 Å². The number of benzene rings is 1. The van der Waals surface area contributed by atoms with E-state index in [1.54, 1.807) is 7.11 Å². The zero-order chi connectivity index (χ0) is 13.2. The lowest BCUT2D eigenvalue weighted by Crippen LogP contribution is -2.41. The van der Waals surface area contributed by atoms with E-state index in [1.807, 2.05) is 6.07 Å². The molecular weight excluding hydrogens is 236 g/mol. The molecule has 3 rings (SSSR count). The average molecular weight is 260 g/mol. The minimum atomic E-state index is 0.792. The molecule has 1 aliphatic carbocycles. The standard InChI is InChI=1S/C16H24N2O/c1-19-16-9-14(17)8-15(10-16)18-7-6-12-4-2-3-5-13(12)11-18/h8-10,12-13H,2-7,11,17H2,1H3. The van der Waals surface area contributed by atoms with Gasteiger partial charge in [-0.3, -0.25) is 0 Å². The summed E-state index contributed by atoms with van der Waals surface area (Å²) in [5, 5.41) is 0. The number of fused-ring (bicyclic) bond motifs is 1. The van der Waals surface area contributed by atoms with Crippen LogP contribution in [-0.4, -0.2) is 20.2 Å². The van der Waals surface area contributed by atoms with Crippen LogP contribution in [0.15, 0.2) is 18.2 Å². The van der Waals surface area contributed by atoms with Gasteiger partial charge in [-0.25, -0.2) is 0 Å². The van der Waals surface area contributed by atoms with Gasteiger partial charge in [0.15, 0.2) is 0 Å². The van der Waals surface area contributed by atoms with Crippen LogP contribution in [0, 0.1) is 11.8 Å². The first-order valence-electron chi connectivity index (χ1n) is 7.46. The molecule has 104 valence electrons. The SMILES string of the molecule is COc1cc(N)cc(N2CCC3CCCCC3C2)c1. The zero-order valence-electron chi connectivity index (χ0n) is 11.8. The Hall–Kier alpha value is -1.38. The molecule has 19 heavy (non-hydrogen) atoms. The molecule has 0 spiro atoms. The Balaban J connectivity index is 1.77. The number of hydrogen-bond acceptors (Lipinski definition) is 3. The fraction of sp³-hybridized carbons (Fsp3) is 0.625. The second kappa shape index (κ2) is 5.32. The van der Waals surface area contributed by atoms with E-state index in [2.05, 4.69) is 17.0 Å². The van der Waals surface area contributed by atoms with Crippen LogP contribution in [0.2, 0.25) is 0 Å². The fourth-order valence-corrected chi connectivity index (χ4v) is 3.74. The van der Waals surface area contributed by atoms with Crippen molar-refractivity contribution in [2.45, 2.75) is 32.1 Å². The quantitative estimate of drug-likeness (QED) is 0.829. The van der Waals surface area contributed by atoms with Crippen LogP contribution in [0.4, 0.5) is 11.4 Å². The van der Waals surface area contributed by atoms with Gasteiger partial charge in [-0.05, 0) is 30.7 Å². The first-order valence-corrected chi connectivity index (χ1v) is 7.46. The minimum Gasteiger partial charge on any atom is -0.497 e. The smallest absolute Gasteiger partial charge is 0.122 e. The maximum atomic E-state index is 5.97. The molecule has 0 radical (unpaired) electrons. The van der Waals surface area contributed by atoms with Crippen LogP contribution < -0.4 is 15.4 Å². The number of hydrogen-bond donors (Lipinski definition) is 1. The second-order valence-corrected chi connectivity index (χ2v) is 6.00. The summed E-state index contributed by atoms with van der Waals surface area (Å²) in [5.41, 5.74) is 7.98. The van der Waals surface area contributed by atoms with Gasteiger partial charge in [-0.2, -0.15) is 0 Å². The predicted octanol–water partition coefficient (Wildman–Crippen LogP) is 3.29. The number of methoxy groups -OCH3 is 1. The largest absolute Gasteiger partial charge is 0.497 e. The van der Waals surface area contributed by atoms with Crippen LogP contribution in [0.1, 0.15) is 32.1 Å². The van der Waals surface area contributed by atoms with Gasteiger partial charge < -0.3 is 15.4 Å². The molecule has 1 aliphatic heterocycles. The Labute approximate surface area is 115 Å². The lowest BCUT2D eigenvalue weighted by atomic mass is 9.75. The Morgan fingerprint density at radius 3 is 2.68 bits per heavy atom. The Kier molecular flexibility index (Phi) is 3.54. The molecular formula is C16H24N2O. The third kappa shape index (κ3) is 2.65. The number of nitrogens with zero attached hydrogens (tertiary/aromatic N) is 1. The van der Waals surface area contributed by atoms with Gasteiger partial charge in [0, 0.05) is 36.6 Å². The molecule has 1 saturated heterocycles. The Morgan fingerprint density at radius 2 is 1.89 bits per heavy atom. The highest BCUT2D eigenvalue weighted by Gasteiger charge is 2.31. The monoisotopic (exact) mass is 260 g/mol. The number of nitrogen functional groups attached to an aromatic ring is 1. The van der Waals surface area contributed by atoms with Crippen molar-refractivity contribution in [2.75, 3.05) is 30.8 Å². The van der Waals surface area contributed by atoms with Gasteiger partial charge in [0.1, 0.15) is 5.75 Å². The summed E-state index contributed by atoms with van der Waals surface area (Å²) in [6.45, 7) is 2.35. The van der Waals surface area contributed by atoms with Crippen molar-refractivity contribution in [3.8, 4) is 5.75 Å². The summed E-state index contributed by atoms with van der Waals surface area (Å²) in [6.07, 6.45) is 7.03. The highest BCUT2D eigenvalue weighted by molar-refractivity contribution is 5.60. The van der Waals surface area contributed by atoms with Gasteiger partial charge in [0.2, 0.25) is 0 Å². The van der Waals surface area contributed by atoms with E-state index < -0.39 is 0 Å². The maximum Gasteiger partial charge on any atom is 0.122 e. The molecule has 2 N–H and O–H groups in total.